The van der Waals surface area contributed by atoms with Gasteiger partial charge in [-0.25, -0.2) is 0 Å². The molecule has 1 aromatic carbocycles. The highest BCUT2D eigenvalue weighted by Crippen LogP contribution is 2.22. The average Bonchev–Trinajstić information content (AvgIpc) is 2.78. The lowest BCUT2D eigenvalue weighted by molar-refractivity contribution is 0.102. The van der Waals surface area contributed by atoms with Crippen molar-refractivity contribution < 1.29 is 4.79 Å². The molecule has 0 fully saturated rings. The molecule has 1 amide bonds. The second-order valence-corrected chi connectivity index (χ2v) is 5.13. The Morgan fingerprint density at radius 3 is 2.95 bits per heavy atom. The second-order valence-electron chi connectivity index (χ2n) is 5.13. The molecule has 0 atom stereocenters. The maximum atomic E-state index is 12.5. The molecule has 0 unspecified atom stereocenters. The van der Waals surface area contributed by atoms with Crippen LogP contribution in [-0.2, 0) is 13.0 Å². The van der Waals surface area contributed by atoms with Crippen LogP contribution in [0, 0.1) is 13.8 Å². The van der Waals surface area contributed by atoms with Crippen molar-refractivity contribution in [2.75, 3.05) is 11.9 Å². The summed E-state index contributed by atoms with van der Waals surface area (Å²) in [6.07, 6.45) is 0.891. The summed E-state index contributed by atoms with van der Waals surface area (Å²) >= 11 is 0. The van der Waals surface area contributed by atoms with E-state index in [-0.39, 0.29) is 5.91 Å². The number of amides is 1. The van der Waals surface area contributed by atoms with Gasteiger partial charge in [-0.1, -0.05) is 12.1 Å². The van der Waals surface area contributed by atoms with Gasteiger partial charge >= 0.3 is 0 Å². The fraction of sp³-hybridized carbons (Fsp3) is 0.333. The number of anilines is 1. The van der Waals surface area contributed by atoms with Crippen molar-refractivity contribution in [2.45, 2.75) is 26.8 Å². The van der Waals surface area contributed by atoms with Crippen molar-refractivity contribution in [2.24, 2.45) is 0 Å². The van der Waals surface area contributed by atoms with Gasteiger partial charge in [-0.05, 0) is 44.0 Å². The van der Waals surface area contributed by atoms with E-state index < -0.39 is 0 Å². The third-order valence-electron chi connectivity index (χ3n) is 3.75. The van der Waals surface area contributed by atoms with Crippen LogP contribution in [0.25, 0.3) is 0 Å². The lowest BCUT2D eigenvalue weighted by Crippen LogP contribution is -2.26. The smallest absolute Gasteiger partial charge is 0.256 e. The van der Waals surface area contributed by atoms with Crippen LogP contribution >= 0.6 is 0 Å². The maximum absolute atomic E-state index is 12.5. The Hall–Kier alpha value is -2.14. The summed E-state index contributed by atoms with van der Waals surface area (Å²) < 4.78 is 0. The molecule has 0 radical (unpaired) electrons. The Labute approximate surface area is 117 Å². The third-order valence-corrected chi connectivity index (χ3v) is 3.75. The Morgan fingerprint density at radius 2 is 2.20 bits per heavy atom. The minimum absolute atomic E-state index is 0.0589. The van der Waals surface area contributed by atoms with E-state index in [1.807, 2.05) is 26.0 Å². The lowest BCUT2D eigenvalue weighted by atomic mass is 9.95. The van der Waals surface area contributed by atoms with Crippen molar-refractivity contribution in [3.63, 3.8) is 0 Å². The number of aromatic amines is 1. The molecule has 5 nitrogen and oxygen atoms in total. The van der Waals surface area contributed by atoms with E-state index in [0.29, 0.717) is 0 Å². The molecule has 0 spiro atoms. The van der Waals surface area contributed by atoms with Gasteiger partial charge in [0.05, 0.1) is 17.1 Å². The first-order valence-electron chi connectivity index (χ1n) is 6.81. The third kappa shape index (κ3) is 2.20. The van der Waals surface area contributed by atoms with Crippen LogP contribution in [0.2, 0.25) is 0 Å². The summed E-state index contributed by atoms with van der Waals surface area (Å²) in [5.74, 6) is -0.0589. The summed E-state index contributed by atoms with van der Waals surface area (Å²) in [7, 11) is 0. The number of hydrogen-bond acceptors (Lipinski definition) is 3. The van der Waals surface area contributed by atoms with Gasteiger partial charge in [-0.3, -0.25) is 9.89 Å². The number of nitrogens with one attached hydrogen (secondary N) is 3. The largest absolute Gasteiger partial charge is 0.319 e. The molecule has 2 aromatic rings. The van der Waals surface area contributed by atoms with Crippen LogP contribution in [0.4, 0.5) is 5.69 Å². The predicted octanol–water partition coefficient (Wildman–Crippen LogP) is 1.92. The van der Waals surface area contributed by atoms with Crippen LogP contribution < -0.4 is 10.6 Å². The van der Waals surface area contributed by atoms with Gasteiger partial charge in [0.2, 0.25) is 0 Å². The molecule has 3 N–H and O–H groups in total. The number of hydrogen-bond donors (Lipinski definition) is 3. The van der Waals surface area contributed by atoms with E-state index in [1.165, 1.54) is 5.56 Å². The molecule has 104 valence electrons. The summed E-state index contributed by atoms with van der Waals surface area (Å²) in [6.45, 7) is 5.53. The Balaban J connectivity index is 1.92. The molecule has 0 saturated heterocycles. The Bertz CT molecular complexity index is 640. The molecule has 20 heavy (non-hydrogen) atoms. The van der Waals surface area contributed by atoms with Crippen molar-refractivity contribution in [1.82, 2.24) is 15.5 Å². The van der Waals surface area contributed by atoms with Gasteiger partial charge in [0, 0.05) is 12.1 Å². The van der Waals surface area contributed by atoms with E-state index in [0.717, 1.165) is 47.7 Å². The highest BCUT2D eigenvalue weighted by atomic mass is 16.1. The van der Waals surface area contributed by atoms with Gasteiger partial charge in [-0.15, -0.1) is 0 Å². The number of aromatic nitrogens is 2. The molecule has 1 aliphatic heterocycles. The second kappa shape index (κ2) is 5.09. The van der Waals surface area contributed by atoms with Crippen LogP contribution in [0.5, 0.6) is 0 Å². The van der Waals surface area contributed by atoms with E-state index >= 15 is 0 Å². The van der Waals surface area contributed by atoms with Gasteiger partial charge < -0.3 is 10.6 Å². The zero-order chi connectivity index (χ0) is 14.1. The molecule has 0 aliphatic carbocycles. The number of aryl methyl sites for hydroxylation is 2. The molecule has 5 heteroatoms. The molecule has 3 rings (SSSR count). The fourth-order valence-corrected chi connectivity index (χ4v) is 2.66. The number of benzene rings is 1. The van der Waals surface area contributed by atoms with Gasteiger partial charge in [0.1, 0.15) is 0 Å². The van der Waals surface area contributed by atoms with E-state index in [4.69, 9.17) is 0 Å². The van der Waals surface area contributed by atoms with Crippen LogP contribution in [0.15, 0.2) is 18.2 Å². The van der Waals surface area contributed by atoms with Gasteiger partial charge in [-0.2, -0.15) is 5.10 Å². The number of carbonyl (C=O) groups excluding carboxylic acids is 1. The average molecular weight is 270 g/mol. The molecular weight excluding hydrogens is 252 g/mol. The zero-order valence-corrected chi connectivity index (χ0v) is 11.7. The topological polar surface area (TPSA) is 69.8 Å². The standard InChI is InChI=1S/C15H18N4O/c1-9-14(10(2)19-18-9)17-15(20)13-5-3-4-11-8-16-7-6-12(11)13/h3-5,16H,6-8H2,1-2H3,(H,17,20)(H,18,19). The molecular formula is C15H18N4O. The minimum Gasteiger partial charge on any atom is -0.319 e. The molecule has 2 heterocycles. The summed E-state index contributed by atoms with van der Waals surface area (Å²) in [6, 6.07) is 5.91. The summed E-state index contributed by atoms with van der Waals surface area (Å²) in [5.41, 5.74) is 5.60. The first-order valence-corrected chi connectivity index (χ1v) is 6.81. The predicted molar refractivity (Wildman–Crippen MR) is 77.9 cm³/mol. The Morgan fingerprint density at radius 1 is 1.35 bits per heavy atom. The number of fused-ring (bicyclic) bond motifs is 1. The quantitative estimate of drug-likeness (QED) is 0.781. The van der Waals surface area contributed by atoms with Crippen molar-refractivity contribution >= 4 is 11.6 Å². The molecule has 0 saturated carbocycles. The number of nitrogens with zero attached hydrogens (tertiary/aromatic N) is 1. The first kappa shape index (κ1) is 12.9. The zero-order valence-electron chi connectivity index (χ0n) is 11.7. The van der Waals surface area contributed by atoms with E-state index in [1.54, 1.807) is 0 Å². The molecule has 0 bridgehead atoms. The molecule has 1 aliphatic rings. The number of H-pyrrole nitrogens is 1. The van der Waals surface area contributed by atoms with Crippen LogP contribution in [-0.4, -0.2) is 22.6 Å². The monoisotopic (exact) mass is 270 g/mol. The highest BCUT2D eigenvalue weighted by molar-refractivity contribution is 6.06. The van der Waals surface area contributed by atoms with Crippen molar-refractivity contribution in [3.05, 3.63) is 46.3 Å². The number of rotatable bonds is 2. The van der Waals surface area contributed by atoms with Crippen LogP contribution in [0.1, 0.15) is 32.9 Å². The van der Waals surface area contributed by atoms with E-state index in [9.17, 15) is 4.79 Å². The summed E-state index contributed by atoms with van der Waals surface area (Å²) in [5, 5.41) is 13.3. The SMILES string of the molecule is Cc1n[nH]c(C)c1NC(=O)c1cccc2c1CCNC2. The van der Waals surface area contributed by atoms with Crippen LogP contribution in [0.3, 0.4) is 0 Å². The number of carbonyl (C=O) groups is 1. The molecule has 1 aromatic heterocycles. The Kier molecular flexibility index (Phi) is 3.28. The lowest BCUT2D eigenvalue weighted by Gasteiger charge is -2.20. The minimum atomic E-state index is -0.0589. The van der Waals surface area contributed by atoms with Gasteiger partial charge in [0.25, 0.3) is 5.91 Å². The van der Waals surface area contributed by atoms with Gasteiger partial charge in [0.15, 0.2) is 0 Å². The maximum Gasteiger partial charge on any atom is 0.256 e. The highest BCUT2D eigenvalue weighted by Gasteiger charge is 2.18. The first-order chi connectivity index (χ1) is 9.66. The van der Waals surface area contributed by atoms with E-state index in [2.05, 4.69) is 26.9 Å². The van der Waals surface area contributed by atoms with Crippen molar-refractivity contribution in [3.8, 4) is 0 Å². The summed E-state index contributed by atoms with van der Waals surface area (Å²) in [4.78, 5) is 12.5. The fourth-order valence-electron chi connectivity index (χ4n) is 2.66. The van der Waals surface area contributed by atoms with Crippen molar-refractivity contribution in [1.29, 1.82) is 0 Å². The normalized spacial score (nSPS) is 13.9.